The average molecular weight is 619 g/mol. The van der Waals surface area contributed by atoms with Gasteiger partial charge in [-0.2, -0.15) is 0 Å². The summed E-state index contributed by atoms with van der Waals surface area (Å²) in [5.41, 5.74) is 0. The Morgan fingerprint density at radius 1 is 0.619 bits per heavy atom. The molecule has 9 heteroatoms. The average Bonchev–Trinajstić information content (AvgIpc) is 2.95. The highest BCUT2D eigenvalue weighted by molar-refractivity contribution is 7.46. The quantitative estimate of drug-likeness (QED) is 0.0341. The highest BCUT2D eigenvalue weighted by Gasteiger charge is 2.22. The van der Waals surface area contributed by atoms with Crippen LogP contribution in [0.4, 0.5) is 0 Å². The van der Waals surface area contributed by atoms with Crippen molar-refractivity contribution in [3.63, 3.8) is 0 Å². The van der Waals surface area contributed by atoms with Gasteiger partial charge in [-0.05, 0) is 32.1 Å². The van der Waals surface area contributed by atoms with Crippen LogP contribution < -0.4 is 0 Å². The van der Waals surface area contributed by atoms with Gasteiger partial charge in [0.1, 0.15) is 6.61 Å². The Morgan fingerprint density at radius 3 is 1.55 bits per heavy atom. The van der Waals surface area contributed by atoms with Crippen LogP contribution in [0.2, 0.25) is 0 Å². The van der Waals surface area contributed by atoms with Crippen molar-refractivity contribution in [1.29, 1.82) is 0 Å². The third-order valence-corrected chi connectivity index (χ3v) is 7.78. The van der Waals surface area contributed by atoms with Crippen LogP contribution in [0.25, 0.3) is 0 Å². The van der Waals surface area contributed by atoms with Gasteiger partial charge in [0.15, 0.2) is 6.10 Å². The molecular formula is C33H63O8P. The lowest BCUT2D eigenvalue weighted by molar-refractivity contribution is -0.161. The van der Waals surface area contributed by atoms with E-state index in [2.05, 4.69) is 30.5 Å². The zero-order valence-corrected chi connectivity index (χ0v) is 27.8. The Bertz CT molecular complexity index is 706. The number of phosphoric acid groups is 1. The molecule has 0 saturated heterocycles. The van der Waals surface area contributed by atoms with Gasteiger partial charge in [-0.15, -0.1) is 0 Å². The molecule has 0 bridgehead atoms. The van der Waals surface area contributed by atoms with Gasteiger partial charge in [-0.3, -0.25) is 14.1 Å². The molecule has 0 aliphatic rings. The van der Waals surface area contributed by atoms with E-state index in [-0.39, 0.29) is 19.4 Å². The fourth-order valence-electron chi connectivity index (χ4n) is 4.79. The first-order valence-corrected chi connectivity index (χ1v) is 18.5. The summed E-state index contributed by atoms with van der Waals surface area (Å²) < 4.78 is 26.2. The van der Waals surface area contributed by atoms with Gasteiger partial charge >= 0.3 is 19.8 Å². The normalized spacial score (nSPS) is 12.6. The maximum Gasteiger partial charge on any atom is 0.469 e. The van der Waals surface area contributed by atoms with Crippen LogP contribution in [0.15, 0.2) is 12.2 Å². The minimum atomic E-state index is -4.74. The maximum absolute atomic E-state index is 12.3. The third-order valence-electron chi connectivity index (χ3n) is 7.30. The molecule has 0 aromatic carbocycles. The van der Waals surface area contributed by atoms with E-state index in [1.54, 1.807) is 0 Å². The van der Waals surface area contributed by atoms with E-state index >= 15 is 0 Å². The standard InChI is InChI=1S/C33H63O8P/c1-3-5-7-9-11-13-15-16-18-19-21-23-25-27-32(34)39-29-31(30-40-42(36,37)38)41-33(35)28-26-24-22-20-17-14-12-10-8-6-4-2/h6,8,31H,3-5,7,9-30H2,1-2H3,(H2,36,37,38)/b8-6-/t31-/m1/s1. The Hall–Kier alpha value is -1.21. The fraction of sp³-hybridized carbons (Fsp3) is 0.879. The number of esters is 2. The number of carbonyl (C=O) groups is 2. The molecule has 0 aromatic rings. The van der Waals surface area contributed by atoms with Crippen LogP contribution in [-0.2, 0) is 28.2 Å². The number of carbonyl (C=O) groups excluding carboxylic acids is 2. The van der Waals surface area contributed by atoms with E-state index < -0.39 is 32.5 Å². The van der Waals surface area contributed by atoms with Crippen molar-refractivity contribution >= 4 is 19.8 Å². The van der Waals surface area contributed by atoms with E-state index in [1.807, 2.05) is 0 Å². The van der Waals surface area contributed by atoms with Crippen molar-refractivity contribution in [2.75, 3.05) is 13.2 Å². The first kappa shape index (κ1) is 40.8. The number of unbranched alkanes of at least 4 members (excludes halogenated alkanes) is 19. The van der Waals surface area contributed by atoms with Crippen LogP contribution in [0, 0.1) is 0 Å². The molecule has 0 rings (SSSR count). The molecule has 8 nitrogen and oxygen atoms in total. The van der Waals surface area contributed by atoms with Crippen LogP contribution >= 0.6 is 7.82 Å². The lowest BCUT2D eigenvalue weighted by Crippen LogP contribution is -2.29. The first-order chi connectivity index (χ1) is 20.3. The van der Waals surface area contributed by atoms with Gasteiger partial charge in [0.05, 0.1) is 6.61 Å². The third kappa shape index (κ3) is 31.7. The summed E-state index contributed by atoms with van der Waals surface area (Å²) in [7, 11) is -4.74. The highest BCUT2D eigenvalue weighted by Crippen LogP contribution is 2.36. The molecule has 0 aliphatic heterocycles. The van der Waals surface area contributed by atoms with Crippen LogP contribution in [-0.4, -0.2) is 41.0 Å². The van der Waals surface area contributed by atoms with Crippen LogP contribution in [0.3, 0.4) is 0 Å². The minimum Gasteiger partial charge on any atom is -0.462 e. The second-order valence-corrected chi connectivity index (χ2v) is 12.7. The van der Waals surface area contributed by atoms with Crippen molar-refractivity contribution in [3.8, 4) is 0 Å². The molecule has 0 heterocycles. The van der Waals surface area contributed by atoms with Gasteiger partial charge in [0.2, 0.25) is 0 Å². The summed E-state index contributed by atoms with van der Waals surface area (Å²) in [5.74, 6) is -0.888. The molecule has 0 amide bonds. The number of phosphoric ester groups is 1. The summed E-state index contributed by atoms with van der Waals surface area (Å²) in [5, 5.41) is 0. The van der Waals surface area contributed by atoms with Crippen LogP contribution in [0.1, 0.15) is 168 Å². The van der Waals surface area contributed by atoms with Gasteiger partial charge in [-0.25, -0.2) is 4.57 Å². The molecule has 248 valence electrons. The Kier molecular flexibility index (Phi) is 29.0. The Morgan fingerprint density at radius 2 is 1.07 bits per heavy atom. The van der Waals surface area contributed by atoms with Gasteiger partial charge in [0.25, 0.3) is 0 Å². The zero-order chi connectivity index (χ0) is 31.2. The Labute approximate surface area is 257 Å². The van der Waals surface area contributed by atoms with Crippen molar-refractivity contribution < 1.29 is 37.9 Å². The van der Waals surface area contributed by atoms with Crippen molar-refractivity contribution in [2.24, 2.45) is 0 Å². The Balaban J connectivity index is 3.98. The maximum atomic E-state index is 12.3. The second kappa shape index (κ2) is 29.8. The van der Waals surface area contributed by atoms with Crippen LogP contribution in [0.5, 0.6) is 0 Å². The molecule has 2 N–H and O–H groups in total. The zero-order valence-electron chi connectivity index (χ0n) is 26.9. The summed E-state index contributed by atoms with van der Waals surface area (Å²) >= 11 is 0. The topological polar surface area (TPSA) is 119 Å². The number of ether oxygens (including phenoxy) is 2. The van der Waals surface area contributed by atoms with Gasteiger partial charge in [0, 0.05) is 12.8 Å². The minimum absolute atomic E-state index is 0.209. The predicted octanol–water partition coefficient (Wildman–Crippen LogP) is 9.51. The number of hydrogen-bond donors (Lipinski definition) is 2. The smallest absolute Gasteiger partial charge is 0.462 e. The molecule has 0 saturated carbocycles. The van der Waals surface area contributed by atoms with E-state index in [9.17, 15) is 14.2 Å². The summed E-state index contributed by atoms with van der Waals surface area (Å²) in [6.45, 7) is 3.57. The van der Waals surface area contributed by atoms with E-state index in [1.165, 1.54) is 83.5 Å². The largest absolute Gasteiger partial charge is 0.469 e. The van der Waals surface area contributed by atoms with Crippen molar-refractivity contribution in [1.82, 2.24) is 0 Å². The molecular weight excluding hydrogens is 555 g/mol. The molecule has 0 unspecified atom stereocenters. The van der Waals surface area contributed by atoms with E-state index in [0.717, 1.165) is 51.4 Å². The van der Waals surface area contributed by atoms with Crippen molar-refractivity contribution in [2.45, 2.75) is 174 Å². The van der Waals surface area contributed by atoms with Gasteiger partial charge < -0.3 is 19.3 Å². The molecule has 42 heavy (non-hydrogen) atoms. The van der Waals surface area contributed by atoms with E-state index in [4.69, 9.17) is 19.3 Å². The second-order valence-electron chi connectivity index (χ2n) is 11.5. The van der Waals surface area contributed by atoms with Gasteiger partial charge in [-0.1, -0.05) is 135 Å². The molecule has 0 spiro atoms. The van der Waals surface area contributed by atoms with Crippen molar-refractivity contribution in [3.05, 3.63) is 12.2 Å². The first-order valence-electron chi connectivity index (χ1n) is 17.0. The molecule has 0 fully saturated rings. The lowest BCUT2D eigenvalue weighted by Gasteiger charge is -2.18. The monoisotopic (exact) mass is 618 g/mol. The number of allylic oxidation sites excluding steroid dienone is 2. The number of hydrogen-bond acceptors (Lipinski definition) is 6. The predicted molar refractivity (Wildman–Crippen MR) is 170 cm³/mol. The molecule has 0 aromatic heterocycles. The highest BCUT2D eigenvalue weighted by atomic mass is 31.2. The van der Waals surface area contributed by atoms with E-state index in [0.29, 0.717) is 6.42 Å². The fourth-order valence-corrected chi connectivity index (χ4v) is 5.15. The lowest BCUT2D eigenvalue weighted by atomic mass is 10.0. The summed E-state index contributed by atoms with van der Waals surface area (Å²) in [6, 6.07) is 0. The number of rotatable bonds is 31. The molecule has 1 atom stereocenters. The molecule has 0 aliphatic carbocycles. The summed E-state index contributed by atoms with van der Waals surface area (Å²) in [6.07, 6.45) is 29.4. The summed E-state index contributed by atoms with van der Waals surface area (Å²) in [4.78, 5) is 42.5. The molecule has 0 radical (unpaired) electrons. The SMILES string of the molecule is CC/C=C\CCCCCCCCCC(=O)O[C@H](COC(=O)CCCCCCCCCCCCCCC)COP(=O)(O)O.